The molecule has 0 bridgehead atoms. The fourth-order valence-corrected chi connectivity index (χ4v) is 2.08. The highest BCUT2D eigenvalue weighted by Gasteiger charge is 2.11. The first-order chi connectivity index (χ1) is 9.63. The molecule has 0 saturated carbocycles. The molecule has 0 radical (unpaired) electrons. The van der Waals surface area contributed by atoms with Gasteiger partial charge in [-0.2, -0.15) is 0 Å². The Bertz CT molecular complexity index is 606. The Kier molecular flexibility index (Phi) is 4.63. The van der Waals surface area contributed by atoms with E-state index in [0.717, 1.165) is 4.47 Å². The molecule has 0 fully saturated rings. The van der Waals surface area contributed by atoms with Gasteiger partial charge in [0.05, 0.1) is 19.9 Å². The molecule has 104 valence electrons. The Balaban J connectivity index is 2.27. The van der Waals surface area contributed by atoms with Gasteiger partial charge in [-0.05, 0) is 40.2 Å². The Morgan fingerprint density at radius 3 is 2.20 bits per heavy atom. The minimum absolute atomic E-state index is 0.228. The van der Waals surface area contributed by atoms with Gasteiger partial charge in [-0.3, -0.25) is 4.79 Å². The average molecular weight is 336 g/mol. The largest absolute Gasteiger partial charge is 0.497 e. The third-order valence-corrected chi connectivity index (χ3v) is 3.43. The van der Waals surface area contributed by atoms with Crippen LogP contribution < -0.4 is 14.8 Å². The molecule has 0 spiro atoms. The fourth-order valence-electron chi connectivity index (χ4n) is 1.70. The second kappa shape index (κ2) is 6.43. The van der Waals surface area contributed by atoms with Crippen LogP contribution in [0.2, 0.25) is 0 Å². The Morgan fingerprint density at radius 1 is 1.05 bits per heavy atom. The minimum Gasteiger partial charge on any atom is -0.497 e. The summed E-state index contributed by atoms with van der Waals surface area (Å²) in [6, 6.07) is 12.5. The first-order valence-electron chi connectivity index (χ1n) is 5.93. The first-order valence-corrected chi connectivity index (χ1v) is 6.72. The van der Waals surface area contributed by atoms with Gasteiger partial charge in [0.1, 0.15) is 11.5 Å². The third-order valence-electron chi connectivity index (χ3n) is 2.74. The highest BCUT2D eigenvalue weighted by molar-refractivity contribution is 9.10. The van der Waals surface area contributed by atoms with E-state index in [1.165, 1.54) is 0 Å². The van der Waals surface area contributed by atoms with Gasteiger partial charge in [0.25, 0.3) is 5.91 Å². The number of methoxy groups -OCH3 is 2. The molecule has 5 heteroatoms. The van der Waals surface area contributed by atoms with E-state index in [0.29, 0.717) is 22.7 Å². The minimum atomic E-state index is -0.228. The molecule has 0 aliphatic rings. The second-order valence-electron chi connectivity index (χ2n) is 4.04. The van der Waals surface area contributed by atoms with E-state index >= 15 is 0 Å². The van der Waals surface area contributed by atoms with E-state index in [1.54, 1.807) is 32.4 Å². The van der Waals surface area contributed by atoms with Crippen molar-refractivity contribution in [2.75, 3.05) is 19.5 Å². The van der Waals surface area contributed by atoms with Crippen LogP contribution in [0.3, 0.4) is 0 Å². The number of para-hydroxylation sites is 1. The zero-order valence-corrected chi connectivity index (χ0v) is 12.7. The van der Waals surface area contributed by atoms with E-state index in [2.05, 4.69) is 21.2 Å². The summed E-state index contributed by atoms with van der Waals surface area (Å²) in [5.41, 5.74) is 1.18. The van der Waals surface area contributed by atoms with E-state index in [4.69, 9.17) is 9.47 Å². The summed E-state index contributed by atoms with van der Waals surface area (Å²) in [7, 11) is 3.09. The number of anilines is 1. The Morgan fingerprint density at radius 2 is 1.65 bits per heavy atom. The normalized spacial score (nSPS) is 9.95. The van der Waals surface area contributed by atoms with Gasteiger partial charge in [0.2, 0.25) is 0 Å². The molecular formula is C15H14BrNO3. The van der Waals surface area contributed by atoms with Crippen LogP contribution >= 0.6 is 15.9 Å². The molecule has 1 N–H and O–H groups in total. The maximum Gasteiger partial charge on any atom is 0.255 e. The van der Waals surface area contributed by atoms with Crippen LogP contribution in [0.25, 0.3) is 0 Å². The third kappa shape index (κ3) is 3.30. The van der Waals surface area contributed by atoms with Crippen LogP contribution in [0.1, 0.15) is 10.4 Å². The number of carbonyl (C=O) groups excluding carboxylic acids is 1. The van der Waals surface area contributed by atoms with E-state index in [-0.39, 0.29) is 5.91 Å². The topological polar surface area (TPSA) is 47.6 Å². The molecule has 0 unspecified atom stereocenters. The number of carbonyl (C=O) groups is 1. The zero-order valence-electron chi connectivity index (χ0n) is 11.1. The standard InChI is InChI=1S/C15H14BrNO3/c1-19-11-7-10(8-12(9-11)20-2)15(18)17-14-6-4-3-5-13(14)16/h3-9H,1-2H3,(H,17,18). The number of hydrogen-bond acceptors (Lipinski definition) is 3. The van der Waals surface area contributed by atoms with Crippen molar-refractivity contribution in [1.82, 2.24) is 0 Å². The Labute approximate surface area is 125 Å². The van der Waals surface area contributed by atoms with E-state index in [1.807, 2.05) is 24.3 Å². The van der Waals surface area contributed by atoms with Crippen molar-refractivity contribution in [3.8, 4) is 11.5 Å². The SMILES string of the molecule is COc1cc(OC)cc(C(=O)Nc2ccccc2Br)c1. The molecule has 2 aromatic carbocycles. The zero-order chi connectivity index (χ0) is 14.5. The molecule has 0 aromatic heterocycles. The van der Waals surface area contributed by atoms with Crippen LogP contribution in [0.4, 0.5) is 5.69 Å². The van der Waals surface area contributed by atoms with Crippen molar-refractivity contribution in [3.05, 3.63) is 52.5 Å². The van der Waals surface area contributed by atoms with Crippen LogP contribution in [-0.4, -0.2) is 20.1 Å². The molecule has 20 heavy (non-hydrogen) atoms. The molecule has 0 aliphatic carbocycles. The first kappa shape index (κ1) is 14.4. The lowest BCUT2D eigenvalue weighted by atomic mass is 10.2. The van der Waals surface area contributed by atoms with Gasteiger partial charge in [-0.15, -0.1) is 0 Å². The predicted octanol–water partition coefficient (Wildman–Crippen LogP) is 3.72. The Hall–Kier alpha value is -2.01. The lowest BCUT2D eigenvalue weighted by molar-refractivity contribution is 0.102. The van der Waals surface area contributed by atoms with Crippen LogP contribution in [0.15, 0.2) is 46.9 Å². The van der Waals surface area contributed by atoms with Crippen LogP contribution in [-0.2, 0) is 0 Å². The van der Waals surface area contributed by atoms with Crippen LogP contribution in [0, 0.1) is 0 Å². The molecule has 4 nitrogen and oxygen atoms in total. The lowest BCUT2D eigenvalue weighted by Gasteiger charge is -2.10. The number of halogens is 1. The van der Waals surface area contributed by atoms with Gasteiger partial charge in [-0.25, -0.2) is 0 Å². The van der Waals surface area contributed by atoms with Crippen molar-refractivity contribution >= 4 is 27.5 Å². The van der Waals surface area contributed by atoms with Crippen molar-refractivity contribution in [1.29, 1.82) is 0 Å². The van der Waals surface area contributed by atoms with Crippen molar-refractivity contribution in [3.63, 3.8) is 0 Å². The highest BCUT2D eigenvalue weighted by atomic mass is 79.9. The number of nitrogens with one attached hydrogen (secondary N) is 1. The molecular weight excluding hydrogens is 322 g/mol. The van der Waals surface area contributed by atoms with Gasteiger partial charge in [0, 0.05) is 16.1 Å². The fraction of sp³-hybridized carbons (Fsp3) is 0.133. The summed E-state index contributed by atoms with van der Waals surface area (Å²) < 4.78 is 11.1. The van der Waals surface area contributed by atoms with E-state index < -0.39 is 0 Å². The molecule has 2 rings (SSSR count). The highest BCUT2D eigenvalue weighted by Crippen LogP contribution is 2.25. The predicted molar refractivity (Wildman–Crippen MR) is 81.6 cm³/mol. The number of benzene rings is 2. The maximum atomic E-state index is 12.3. The molecule has 1 amide bonds. The molecule has 0 heterocycles. The van der Waals surface area contributed by atoms with E-state index in [9.17, 15) is 4.79 Å². The smallest absolute Gasteiger partial charge is 0.255 e. The molecule has 0 saturated heterocycles. The number of ether oxygens (including phenoxy) is 2. The lowest BCUT2D eigenvalue weighted by Crippen LogP contribution is -2.12. The molecule has 0 aliphatic heterocycles. The summed E-state index contributed by atoms with van der Waals surface area (Å²) in [5, 5.41) is 2.83. The number of amides is 1. The van der Waals surface area contributed by atoms with Crippen LogP contribution in [0.5, 0.6) is 11.5 Å². The second-order valence-corrected chi connectivity index (χ2v) is 4.89. The summed E-state index contributed by atoms with van der Waals surface area (Å²) in [4.78, 5) is 12.3. The summed E-state index contributed by atoms with van der Waals surface area (Å²) in [6.07, 6.45) is 0. The number of rotatable bonds is 4. The molecule has 2 aromatic rings. The van der Waals surface area contributed by atoms with Gasteiger partial charge in [0.15, 0.2) is 0 Å². The van der Waals surface area contributed by atoms with Gasteiger partial charge in [-0.1, -0.05) is 12.1 Å². The monoisotopic (exact) mass is 335 g/mol. The van der Waals surface area contributed by atoms with Gasteiger partial charge >= 0.3 is 0 Å². The average Bonchev–Trinajstić information content (AvgIpc) is 2.48. The number of hydrogen-bond donors (Lipinski definition) is 1. The quantitative estimate of drug-likeness (QED) is 0.926. The van der Waals surface area contributed by atoms with Gasteiger partial charge < -0.3 is 14.8 Å². The summed E-state index contributed by atoms with van der Waals surface area (Å²) >= 11 is 3.39. The molecule has 0 atom stereocenters. The summed E-state index contributed by atoms with van der Waals surface area (Å²) in [5.74, 6) is 0.914. The maximum absolute atomic E-state index is 12.3. The van der Waals surface area contributed by atoms with Crippen molar-refractivity contribution in [2.45, 2.75) is 0 Å². The van der Waals surface area contributed by atoms with Crippen molar-refractivity contribution in [2.24, 2.45) is 0 Å². The van der Waals surface area contributed by atoms with Crippen molar-refractivity contribution < 1.29 is 14.3 Å². The summed E-state index contributed by atoms with van der Waals surface area (Å²) in [6.45, 7) is 0.